The molecule has 1 aromatic rings. The van der Waals surface area contributed by atoms with Crippen LogP contribution in [0, 0.1) is 0 Å². The summed E-state index contributed by atoms with van der Waals surface area (Å²) >= 11 is 0. The summed E-state index contributed by atoms with van der Waals surface area (Å²) in [6.45, 7) is 2.85. The first kappa shape index (κ1) is 19.2. The Morgan fingerprint density at radius 3 is 2.76 bits per heavy atom. The van der Waals surface area contributed by atoms with Crippen LogP contribution in [0.1, 0.15) is 38.2 Å². The van der Waals surface area contributed by atoms with E-state index in [1.807, 2.05) is 41.3 Å². The zero-order chi connectivity index (χ0) is 18.1. The third kappa shape index (κ3) is 5.43. The molecular weight excluding hydrogens is 318 g/mol. The van der Waals surface area contributed by atoms with Gasteiger partial charge in [0.25, 0.3) is 0 Å². The Morgan fingerprint density at radius 2 is 2.08 bits per heavy atom. The maximum absolute atomic E-state index is 12.4. The number of ether oxygens (including phenoxy) is 2. The zero-order valence-electron chi connectivity index (χ0n) is 15.0. The second-order valence-electron chi connectivity index (χ2n) is 6.08. The molecule has 0 saturated carbocycles. The van der Waals surface area contributed by atoms with E-state index >= 15 is 0 Å². The quantitative estimate of drug-likeness (QED) is 0.678. The van der Waals surface area contributed by atoms with Crippen molar-refractivity contribution in [2.75, 3.05) is 20.3 Å². The summed E-state index contributed by atoms with van der Waals surface area (Å²) in [5.74, 6) is -0.530. The van der Waals surface area contributed by atoms with Crippen LogP contribution in [0.3, 0.4) is 0 Å². The molecule has 0 radical (unpaired) electrons. The lowest BCUT2D eigenvalue weighted by atomic mass is 10.1. The summed E-state index contributed by atoms with van der Waals surface area (Å²) in [4.78, 5) is 26.3. The van der Waals surface area contributed by atoms with Crippen LogP contribution in [0.5, 0.6) is 0 Å². The molecule has 2 rings (SSSR count). The van der Waals surface area contributed by atoms with Gasteiger partial charge < -0.3 is 9.47 Å². The Hall–Kier alpha value is -2.14. The van der Waals surface area contributed by atoms with E-state index in [4.69, 9.17) is 9.47 Å². The Balaban J connectivity index is 2.01. The lowest BCUT2D eigenvalue weighted by Crippen LogP contribution is -2.48. The lowest BCUT2D eigenvalue weighted by Gasteiger charge is -2.29. The van der Waals surface area contributed by atoms with Crippen molar-refractivity contribution in [1.82, 2.24) is 4.90 Å². The van der Waals surface area contributed by atoms with Crippen molar-refractivity contribution in [3.8, 4) is 0 Å². The molecule has 1 aromatic carbocycles. The standard InChI is InChI=1S/C20H27NO4/c1-3-25-20(23)18(21-15-9-14-17(21)19(22)24-2)13-8-7-12-16-10-5-4-6-11-16/h4-7,10-12,17-18H,3,8-9,13-15H2,1-2H3/b12-7+/t17-,18?/m0/s1. The van der Waals surface area contributed by atoms with Gasteiger partial charge in [0.2, 0.25) is 0 Å². The number of carbonyl (C=O) groups is 2. The van der Waals surface area contributed by atoms with Gasteiger partial charge >= 0.3 is 11.9 Å². The van der Waals surface area contributed by atoms with Crippen molar-refractivity contribution in [2.24, 2.45) is 0 Å². The third-order valence-corrected chi connectivity index (χ3v) is 4.44. The highest BCUT2D eigenvalue weighted by atomic mass is 16.5. The topological polar surface area (TPSA) is 55.8 Å². The van der Waals surface area contributed by atoms with Crippen molar-refractivity contribution in [3.05, 3.63) is 42.0 Å². The van der Waals surface area contributed by atoms with E-state index in [1.54, 1.807) is 6.92 Å². The van der Waals surface area contributed by atoms with E-state index in [9.17, 15) is 9.59 Å². The van der Waals surface area contributed by atoms with Crippen LogP contribution in [-0.4, -0.2) is 49.2 Å². The summed E-state index contributed by atoms with van der Waals surface area (Å²) in [6, 6.07) is 9.28. The number of hydrogen-bond acceptors (Lipinski definition) is 5. The molecule has 136 valence electrons. The summed E-state index contributed by atoms with van der Waals surface area (Å²) in [5.41, 5.74) is 1.13. The highest BCUT2D eigenvalue weighted by Crippen LogP contribution is 2.24. The number of hydrogen-bond donors (Lipinski definition) is 0. The van der Waals surface area contributed by atoms with Crippen LogP contribution in [0.15, 0.2) is 36.4 Å². The number of methoxy groups -OCH3 is 1. The van der Waals surface area contributed by atoms with Crippen molar-refractivity contribution < 1.29 is 19.1 Å². The molecule has 0 N–H and O–H groups in total. The van der Waals surface area contributed by atoms with Crippen LogP contribution in [-0.2, 0) is 19.1 Å². The molecule has 0 bridgehead atoms. The first-order valence-corrected chi connectivity index (χ1v) is 8.89. The summed E-state index contributed by atoms with van der Waals surface area (Å²) in [7, 11) is 1.39. The molecule has 5 heteroatoms. The molecule has 1 unspecified atom stereocenters. The molecule has 1 fully saturated rings. The molecule has 0 spiro atoms. The molecule has 1 saturated heterocycles. The van der Waals surface area contributed by atoms with Crippen LogP contribution in [0.2, 0.25) is 0 Å². The highest BCUT2D eigenvalue weighted by molar-refractivity contribution is 5.80. The van der Waals surface area contributed by atoms with Gasteiger partial charge in [0.15, 0.2) is 0 Å². The minimum atomic E-state index is -0.410. The van der Waals surface area contributed by atoms with E-state index in [1.165, 1.54) is 7.11 Å². The van der Waals surface area contributed by atoms with Gasteiger partial charge in [0.1, 0.15) is 12.1 Å². The number of rotatable bonds is 8. The van der Waals surface area contributed by atoms with Gasteiger partial charge in [-0.15, -0.1) is 0 Å². The number of esters is 2. The van der Waals surface area contributed by atoms with Crippen LogP contribution in [0.25, 0.3) is 6.08 Å². The fourth-order valence-corrected chi connectivity index (χ4v) is 3.25. The molecule has 0 amide bonds. The maximum Gasteiger partial charge on any atom is 0.323 e. The summed E-state index contributed by atoms with van der Waals surface area (Å²) < 4.78 is 10.1. The van der Waals surface area contributed by atoms with Crippen molar-refractivity contribution in [2.45, 2.75) is 44.7 Å². The lowest BCUT2D eigenvalue weighted by molar-refractivity contribution is -0.154. The number of nitrogens with zero attached hydrogens (tertiary/aromatic N) is 1. The first-order valence-electron chi connectivity index (χ1n) is 8.89. The molecular formula is C20H27NO4. The Labute approximate surface area is 149 Å². The van der Waals surface area contributed by atoms with Gasteiger partial charge in [0, 0.05) is 0 Å². The fourth-order valence-electron chi connectivity index (χ4n) is 3.25. The van der Waals surface area contributed by atoms with E-state index < -0.39 is 6.04 Å². The monoisotopic (exact) mass is 345 g/mol. The molecule has 2 atom stereocenters. The number of carbonyl (C=O) groups excluding carboxylic acids is 2. The zero-order valence-corrected chi connectivity index (χ0v) is 15.0. The average Bonchev–Trinajstić information content (AvgIpc) is 3.11. The van der Waals surface area contributed by atoms with Crippen LogP contribution >= 0.6 is 0 Å². The minimum Gasteiger partial charge on any atom is -0.468 e. The van der Waals surface area contributed by atoms with Crippen LogP contribution < -0.4 is 0 Å². The Kier molecular flexibility index (Phi) is 7.67. The SMILES string of the molecule is CCOC(=O)C(CC/C=C/c1ccccc1)N1CCC[C@H]1C(=O)OC. The Morgan fingerprint density at radius 1 is 1.32 bits per heavy atom. The fraction of sp³-hybridized carbons (Fsp3) is 0.500. The largest absolute Gasteiger partial charge is 0.468 e. The predicted octanol–water partition coefficient (Wildman–Crippen LogP) is 3.05. The second kappa shape index (κ2) is 9.99. The molecule has 0 aromatic heterocycles. The van der Waals surface area contributed by atoms with Gasteiger partial charge in [-0.25, -0.2) is 0 Å². The number of likely N-dealkylation sites (tertiary alicyclic amines) is 1. The average molecular weight is 345 g/mol. The van der Waals surface area contributed by atoms with Crippen molar-refractivity contribution >= 4 is 18.0 Å². The number of allylic oxidation sites excluding steroid dienone is 1. The van der Waals surface area contributed by atoms with Gasteiger partial charge in [-0.1, -0.05) is 42.5 Å². The second-order valence-corrected chi connectivity index (χ2v) is 6.08. The summed E-state index contributed by atoms with van der Waals surface area (Å²) in [6.07, 6.45) is 7.07. The van der Waals surface area contributed by atoms with Crippen molar-refractivity contribution in [3.63, 3.8) is 0 Å². The smallest absolute Gasteiger partial charge is 0.323 e. The molecule has 1 aliphatic heterocycles. The van der Waals surface area contributed by atoms with E-state index in [0.29, 0.717) is 19.6 Å². The highest BCUT2D eigenvalue weighted by Gasteiger charge is 2.39. The van der Waals surface area contributed by atoms with E-state index in [-0.39, 0.29) is 18.0 Å². The molecule has 0 aliphatic carbocycles. The van der Waals surface area contributed by atoms with Crippen LogP contribution in [0.4, 0.5) is 0 Å². The van der Waals surface area contributed by atoms with E-state index in [2.05, 4.69) is 6.08 Å². The first-order chi connectivity index (χ1) is 12.2. The van der Waals surface area contributed by atoms with Gasteiger partial charge in [0.05, 0.1) is 13.7 Å². The minimum absolute atomic E-state index is 0.258. The number of benzene rings is 1. The molecule has 1 heterocycles. The maximum atomic E-state index is 12.4. The van der Waals surface area contributed by atoms with E-state index in [0.717, 1.165) is 24.8 Å². The Bertz CT molecular complexity index is 585. The van der Waals surface area contributed by atoms with Gasteiger partial charge in [-0.05, 0) is 44.7 Å². The third-order valence-electron chi connectivity index (χ3n) is 4.44. The normalized spacial score (nSPS) is 19.0. The molecule has 1 aliphatic rings. The predicted molar refractivity (Wildman–Crippen MR) is 96.9 cm³/mol. The molecule has 25 heavy (non-hydrogen) atoms. The van der Waals surface area contributed by atoms with Crippen molar-refractivity contribution in [1.29, 1.82) is 0 Å². The molecule has 5 nitrogen and oxygen atoms in total. The van der Waals surface area contributed by atoms with Gasteiger partial charge in [-0.3, -0.25) is 14.5 Å². The summed E-state index contributed by atoms with van der Waals surface area (Å²) in [5, 5.41) is 0. The van der Waals surface area contributed by atoms with Gasteiger partial charge in [-0.2, -0.15) is 0 Å².